The third-order valence-corrected chi connectivity index (χ3v) is 6.86. The maximum Gasteiger partial charge on any atom is 0.243 e. The van der Waals surface area contributed by atoms with Crippen molar-refractivity contribution in [3.05, 3.63) is 81.4 Å². The molecule has 162 valence electrons. The molecule has 0 aliphatic carbocycles. The number of alkyl halides is 1. The van der Waals surface area contributed by atoms with E-state index in [1.165, 1.54) is 15.3 Å². The van der Waals surface area contributed by atoms with Crippen LogP contribution in [0.3, 0.4) is 0 Å². The van der Waals surface area contributed by atoms with Gasteiger partial charge in [-0.15, -0.1) is 22.9 Å². The number of halogens is 1. The van der Waals surface area contributed by atoms with Crippen LogP contribution in [0.1, 0.15) is 40.3 Å². The summed E-state index contributed by atoms with van der Waals surface area (Å²) in [5, 5.41) is 1.37. The van der Waals surface area contributed by atoms with Gasteiger partial charge in [-0.25, -0.2) is 0 Å². The maximum absolute atomic E-state index is 13.6. The highest BCUT2D eigenvalue weighted by atomic mass is 35.5. The first-order valence-electron chi connectivity index (χ1n) is 10.3. The van der Waals surface area contributed by atoms with Crippen LogP contribution in [0.2, 0.25) is 0 Å². The van der Waals surface area contributed by atoms with Gasteiger partial charge in [0.2, 0.25) is 11.8 Å². The number of carbonyl (C=O) groups excluding carboxylic acids is 2. The van der Waals surface area contributed by atoms with Gasteiger partial charge in [0, 0.05) is 11.4 Å². The van der Waals surface area contributed by atoms with Gasteiger partial charge in [-0.05, 0) is 60.5 Å². The number of amides is 2. The van der Waals surface area contributed by atoms with Crippen LogP contribution in [-0.2, 0) is 22.6 Å². The molecule has 0 saturated carbocycles. The van der Waals surface area contributed by atoms with Gasteiger partial charge < -0.3 is 14.2 Å². The molecule has 0 N–H and O–H groups in total. The van der Waals surface area contributed by atoms with E-state index < -0.39 is 5.38 Å². The van der Waals surface area contributed by atoms with Gasteiger partial charge in [-0.3, -0.25) is 9.59 Å². The monoisotopic (exact) mass is 456 g/mol. The second-order valence-electron chi connectivity index (χ2n) is 7.79. The Morgan fingerprint density at radius 3 is 2.74 bits per heavy atom. The number of nitrogens with zero attached hydrogens (tertiary/aromatic N) is 2. The summed E-state index contributed by atoms with van der Waals surface area (Å²) >= 11 is 7.82. The molecule has 5 nitrogen and oxygen atoms in total. The highest BCUT2D eigenvalue weighted by Crippen LogP contribution is 2.39. The summed E-state index contributed by atoms with van der Waals surface area (Å²) in [5.41, 5.74) is 3.43. The number of hydrogen-bond acceptors (Lipinski definition) is 4. The molecule has 7 heteroatoms. The van der Waals surface area contributed by atoms with Crippen molar-refractivity contribution in [2.45, 2.75) is 38.2 Å². The second kappa shape index (κ2) is 9.28. The molecule has 0 saturated heterocycles. The standard InChI is InChI=1S/C24H25ClN2O3S/c1-16-6-3-4-8-19(16)23-20-10-13-31-21(20)9-11-27(23)22(28)15-26(24(29)17(2)25)14-18-7-5-12-30-18/h3-8,10,12-13,17,23H,9,11,14-15H2,1-2H3. The summed E-state index contributed by atoms with van der Waals surface area (Å²) in [6.45, 7) is 4.48. The fourth-order valence-corrected chi connectivity index (χ4v) is 5.16. The van der Waals surface area contributed by atoms with Crippen molar-refractivity contribution in [1.82, 2.24) is 9.80 Å². The average molecular weight is 457 g/mol. The number of thiophene rings is 1. The molecule has 1 aliphatic heterocycles. The van der Waals surface area contributed by atoms with E-state index in [0.29, 0.717) is 12.3 Å². The van der Waals surface area contributed by atoms with Gasteiger partial charge in [0.1, 0.15) is 17.7 Å². The van der Waals surface area contributed by atoms with Crippen LogP contribution < -0.4 is 0 Å². The lowest BCUT2D eigenvalue weighted by atomic mass is 9.90. The SMILES string of the molecule is Cc1ccccc1C1c2ccsc2CCN1C(=O)CN(Cc1ccco1)C(=O)C(C)Cl. The minimum absolute atomic E-state index is 0.0432. The smallest absolute Gasteiger partial charge is 0.243 e. The molecule has 2 aromatic heterocycles. The molecule has 2 amide bonds. The van der Waals surface area contributed by atoms with Crippen LogP contribution in [0.4, 0.5) is 0 Å². The van der Waals surface area contributed by atoms with Crippen molar-refractivity contribution < 1.29 is 14.0 Å². The summed E-state index contributed by atoms with van der Waals surface area (Å²) in [6, 6.07) is 13.7. The van der Waals surface area contributed by atoms with Crippen LogP contribution in [-0.4, -0.2) is 40.1 Å². The van der Waals surface area contributed by atoms with E-state index in [2.05, 4.69) is 30.5 Å². The molecule has 0 radical (unpaired) electrons. The minimum Gasteiger partial charge on any atom is -0.467 e. The molecular formula is C24H25ClN2O3S. The molecule has 4 rings (SSSR count). The third-order valence-electron chi connectivity index (χ3n) is 5.67. The van der Waals surface area contributed by atoms with Crippen LogP contribution in [0.25, 0.3) is 0 Å². The fraction of sp³-hybridized carbons (Fsp3) is 0.333. The molecule has 1 aromatic carbocycles. The molecular weight excluding hydrogens is 432 g/mol. The van der Waals surface area contributed by atoms with Crippen molar-refractivity contribution >= 4 is 34.8 Å². The molecule has 0 fully saturated rings. The Kier molecular flexibility index (Phi) is 6.49. The third kappa shape index (κ3) is 4.55. The van der Waals surface area contributed by atoms with Crippen molar-refractivity contribution in [1.29, 1.82) is 0 Å². The predicted molar refractivity (Wildman–Crippen MR) is 122 cm³/mol. The number of carbonyl (C=O) groups is 2. The summed E-state index contributed by atoms with van der Waals surface area (Å²) < 4.78 is 5.40. The molecule has 2 unspecified atom stereocenters. The molecule has 0 bridgehead atoms. The fourth-order valence-electron chi connectivity index (χ4n) is 4.12. The van der Waals surface area contributed by atoms with Gasteiger partial charge >= 0.3 is 0 Å². The van der Waals surface area contributed by atoms with E-state index >= 15 is 0 Å². The van der Waals surface area contributed by atoms with E-state index in [0.717, 1.165) is 17.5 Å². The Labute approximate surface area is 191 Å². The molecule has 1 aliphatic rings. The van der Waals surface area contributed by atoms with E-state index in [1.54, 1.807) is 36.7 Å². The highest BCUT2D eigenvalue weighted by molar-refractivity contribution is 7.10. The van der Waals surface area contributed by atoms with Crippen molar-refractivity contribution in [3.63, 3.8) is 0 Å². The summed E-state index contributed by atoms with van der Waals surface area (Å²) in [6.07, 6.45) is 2.38. The molecule has 3 aromatic rings. The van der Waals surface area contributed by atoms with E-state index in [-0.39, 0.29) is 30.9 Å². The van der Waals surface area contributed by atoms with Crippen molar-refractivity contribution in [2.75, 3.05) is 13.1 Å². The minimum atomic E-state index is -0.722. The average Bonchev–Trinajstić information content (AvgIpc) is 3.44. The van der Waals surface area contributed by atoms with Crippen LogP contribution in [0.15, 0.2) is 58.5 Å². The van der Waals surface area contributed by atoms with E-state index in [4.69, 9.17) is 16.0 Å². The lowest BCUT2D eigenvalue weighted by molar-refractivity contribution is -0.142. The summed E-state index contributed by atoms with van der Waals surface area (Å²) in [7, 11) is 0. The molecule has 3 heterocycles. The first-order valence-corrected chi connectivity index (χ1v) is 11.6. The van der Waals surface area contributed by atoms with Crippen molar-refractivity contribution in [2.24, 2.45) is 0 Å². The molecule has 31 heavy (non-hydrogen) atoms. The first kappa shape index (κ1) is 21.7. The zero-order chi connectivity index (χ0) is 22.0. The van der Waals surface area contributed by atoms with Crippen LogP contribution >= 0.6 is 22.9 Å². The second-order valence-corrected chi connectivity index (χ2v) is 9.44. The van der Waals surface area contributed by atoms with Crippen molar-refractivity contribution in [3.8, 4) is 0 Å². The summed E-state index contributed by atoms with van der Waals surface area (Å²) in [5.74, 6) is 0.238. The quantitative estimate of drug-likeness (QED) is 0.501. The van der Waals surface area contributed by atoms with Gasteiger partial charge in [-0.2, -0.15) is 0 Å². The number of aryl methyl sites for hydroxylation is 1. The largest absolute Gasteiger partial charge is 0.467 e. The van der Waals surface area contributed by atoms with Crippen LogP contribution in [0, 0.1) is 6.92 Å². The Bertz CT molecular complexity index is 1060. The van der Waals surface area contributed by atoms with Gasteiger partial charge in [0.15, 0.2) is 0 Å². The Morgan fingerprint density at radius 2 is 2.03 bits per heavy atom. The van der Waals surface area contributed by atoms with Crippen LogP contribution in [0.5, 0.6) is 0 Å². The Balaban J connectivity index is 1.63. The first-order chi connectivity index (χ1) is 15.0. The summed E-state index contributed by atoms with van der Waals surface area (Å²) in [4.78, 5) is 31.0. The number of benzene rings is 1. The van der Waals surface area contributed by atoms with Gasteiger partial charge in [-0.1, -0.05) is 24.3 Å². The highest BCUT2D eigenvalue weighted by Gasteiger charge is 2.35. The number of fused-ring (bicyclic) bond motifs is 1. The molecule has 0 spiro atoms. The van der Waals surface area contributed by atoms with Gasteiger partial charge in [0.25, 0.3) is 0 Å². The number of hydrogen-bond donors (Lipinski definition) is 0. The lowest BCUT2D eigenvalue weighted by Crippen LogP contribution is -2.47. The van der Waals surface area contributed by atoms with Gasteiger partial charge in [0.05, 0.1) is 18.8 Å². The number of rotatable bonds is 6. The predicted octanol–water partition coefficient (Wildman–Crippen LogP) is 4.78. The maximum atomic E-state index is 13.6. The zero-order valence-corrected chi connectivity index (χ0v) is 19.2. The Morgan fingerprint density at radius 1 is 1.23 bits per heavy atom. The lowest BCUT2D eigenvalue weighted by Gasteiger charge is -2.38. The molecule has 2 atom stereocenters. The Hall–Kier alpha value is -2.57. The zero-order valence-electron chi connectivity index (χ0n) is 17.6. The topological polar surface area (TPSA) is 53.8 Å². The normalized spacial score (nSPS) is 16.6. The van der Waals surface area contributed by atoms with E-state index in [9.17, 15) is 9.59 Å². The number of furan rings is 1. The van der Waals surface area contributed by atoms with E-state index in [1.807, 2.05) is 17.0 Å².